The summed E-state index contributed by atoms with van der Waals surface area (Å²) >= 11 is 1.32. The Morgan fingerprint density at radius 1 is 1.28 bits per heavy atom. The smallest absolute Gasteiger partial charge is 0.345 e. The summed E-state index contributed by atoms with van der Waals surface area (Å²) in [6.07, 6.45) is 8.47. The van der Waals surface area contributed by atoms with Crippen molar-refractivity contribution in [2.45, 2.75) is 27.2 Å². The second kappa shape index (κ2) is 7.07. The summed E-state index contributed by atoms with van der Waals surface area (Å²) in [4.78, 5) is 16.7. The number of aromatic nitrogens is 2. The molecule has 2 aromatic heterocycles. The summed E-state index contributed by atoms with van der Waals surface area (Å²) in [5.74, 6) is -0.869. The lowest BCUT2D eigenvalue weighted by atomic mass is 9.97. The Labute approximate surface area is 151 Å². The van der Waals surface area contributed by atoms with Gasteiger partial charge in [0.25, 0.3) is 0 Å². The number of thiophene rings is 1. The Hall–Kier alpha value is -2.66. The lowest BCUT2D eigenvalue weighted by Gasteiger charge is -2.12. The number of allylic oxidation sites excluding steroid dienone is 1. The number of benzene rings is 1. The number of hydrogen-bond acceptors (Lipinski definition) is 3. The number of carbonyl (C=O) groups is 1. The number of imidazole rings is 1. The molecule has 0 radical (unpaired) electrons. The molecule has 0 unspecified atom stereocenters. The van der Waals surface area contributed by atoms with E-state index in [2.05, 4.69) is 43.1 Å². The van der Waals surface area contributed by atoms with Crippen LogP contribution in [0.25, 0.3) is 17.3 Å². The second-order valence-corrected chi connectivity index (χ2v) is 7.04. The van der Waals surface area contributed by atoms with Gasteiger partial charge in [-0.3, -0.25) is 0 Å². The van der Waals surface area contributed by atoms with Gasteiger partial charge in [0.05, 0.1) is 6.33 Å². The van der Waals surface area contributed by atoms with Crippen LogP contribution in [0.5, 0.6) is 0 Å². The first-order valence-corrected chi connectivity index (χ1v) is 8.95. The van der Waals surface area contributed by atoms with Gasteiger partial charge < -0.3 is 9.67 Å². The first-order valence-electron chi connectivity index (χ1n) is 8.13. The van der Waals surface area contributed by atoms with Crippen molar-refractivity contribution in [3.05, 3.63) is 69.4 Å². The molecule has 0 fully saturated rings. The third-order valence-corrected chi connectivity index (χ3v) is 5.38. The van der Waals surface area contributed by atoms with Crippen LogP contribution < -0.4 is 0 Å². The predicted molar refractivity (Wildman–Crippen MR) is 102 cm³/mol. The number of nitrogens with zero attached hydrogens (tertiary/aromatic N) is 2. The normalized spacial score (nSPS) is 11.7. The maximum atomic E-state index is 11.2. The van der Waals surface area contributed by atoms with Crippen LogP contribution in [-0.4, -0.2) is 20.6 Å². The van der Waals surface area contributed by atoms with Crippen molar-refractivity contribution in [2.24, 2.45) is 0 Å². The van der Waals surface area contributed by atoms with Crippen LogP contribution in [0.4, 0.5) is 0 Å². The zero-order valence-electron chi connectivity index (χ0n) is 14.5. The van der Waals surface area contributed by atoms with Crippen molar-refractivity contribution in [1.82, 2.24) is 9.55 Å². The van der Waals surface area contributed by atoms with Crippen molar-refractivity contribution in [2.75, 3.05) is 0 Å². The summed E-state index contributed by atoms with van der Waals surface area (Å²) in [6.45, 7) is 6.18. The Bertz CT molecular complexity index is 937. The minimum atomic E-state index is -0.869. The zero-order valence-corrected chi connectivity index (χ0v) is 15.3. The fraction of sp³-hybridized carbons (Fsp3) is 0.200. The van der Waals surface area contributed by atoms with Crippen molar-refractivity contribution in [3.8, 4) is 5.69 Å². The Kier molecular flexibility index (Phi) is 4.86. The molecule has 0 saturated heterocycles. The SMILES string of the molecule is CC/C(=C\c1sc(C(=O)O)cc1C)c1ccc(-n2ccnc2)cc1C. The second-order valence-electron chi connectivity index (χ2n) is 5.96. The highest BCUT2D eigenvalue weighted by Crippen LogP contribution is 2.30. The highest BCUT2D eigenvalue weighted by molar-refractivity contribution is 7.15. The third kappa shape index (κ3) is 3.56. The molecule has 0 aliphatic rings. The summed E-state index contributed by atoms with van der Waals surface area (Å²) < 4.78 is 1.98. The van der Waals surface area contributed by atoms with E-state index in [1.165, 1.54) is 28.0 Å². The van der Waals surface area contributed by atoms with E-state index in [1.807, 2.05) is 17.7 Å². The fourth-order valence-electron chi connectivity index (χ4n) is 2.85. The van der Waals surface area contributed by atoms with Crippen LogP contribution in [0.2, 0.25) is 0 Å². The number of hydrogen-bond donors (Lipinski definition) is 1. The maximum Gasteiger partial charge on any atom is 0.345 e. The van der Waals surface area contributed by atoms with Crippen LogP contribution in [0, 0.1) is 13.8 Å². The molecule has 1 aromatic carbocycles. The van der Waals surface area contributed by atoms with Crippen LogP contribution in [0.15, 0.2) is 43.0 Å². The van der Waals surface area contributed by atoms with Gasteiger partial charge in [0, 0.05) is 23.0 Å². The molecule has 0 amide bonds. The lowest BCUT2D eigenvalue weighted by Crippen LogP contribution is -1.94. The molecule has 3 rings (SSSR count). The van der Waals surface area contributed by atoms with E-state index in [1.54, 1.807) is 18.6 Å². The van der Waals surface area contributed by atoms with Gasteiger partial charge in [0.1, 0.15) is 4.88 Å². The van der Waals surface area contributed by atoms with Crippen LogP contribution >= 0.6 is 11.3 Å². The van der Waals surface area contributed by atoms with E-state index in [0.717, 1.165) is 22.5 Å². The fourth-order valence-corrected chi connectivity index (χ4v) is 3.84. The number of carboxylic acid groups (broad SMARTS) is 1. The monoisotopic (exact) mass is 352 g/mol. The average Bonchev–Trinajstić information content (AvgIpc) is 3.23. The van der Waals surface area contributed by atoms with Gasteiger partial charge in [-0.1, -0.05) is 13.0 Å². The van der Waals surface area contributed by atoms with E-state index in [-0.39, 0.29) is 0 Å². The lowest BCUT2D eigenvalue weighted by molar-refractivity contribution is 0.0702. The molecule has 0 aliphatic carbocycles. The summed E-state index contributed by atoms with van der Waals surface area (Å²) in [6, 6.07) is 8.09. The maximum absolute atomic E-state index is 11.2. The zero-order chi connectivity index (χ0) is 18.0. The van der Waals surface area contributed by atoms with Crippen molar-refractivity contribution < 1.29 is 9.90 Å². The Balaban J connectivity index is 1.99. The van der Waals surface area contributed by atoms with Crippen LogP contribution in [0.1, 0.15) is 44.6 Å². The van der Waals surface area contributed by atoms with Gasteiger partial charge in [-0.2, -0.15) is 0 Å². The third-order valence-electron chi connectivity index (χ3n) is 4.21. The van der Waals surface area contributed by atoms with E-state index >= 15 is 0 Å². The molecular weight excluding hydrogens is 332 g/mol. The molecule has 0 aliphatic heterocycles. The van der Waals surface area contributed by atoms with Gasteiger partial charge in [-0.05, 0) is 66.8 Å². The average molecular weight is 352 g/mol. The molecule has 1 N–H and O–H groups in total. The molecular formula is C20H20N2O2S. The number of rotatable bonds is 5. The first-order chi connectivity index (χ1) is 12.0. The summed E-state index contributed by atoms with van der Waals surface area (Å²) in [7, 11) is 0. The van der Waals surface area contributed by atoms with Crippen LogP contribution in [0.3, 0.4) is 0 Å². The Morgan fingerprint density at radius 3 is 2.64 bits per heavy atom. The van der Waals surface area contributed by atoms with E-state index < -0.39 is 5.97 Å². The highest BCUT2D eigenvalue weighted by Gasteiger charge is 2.12. The minimum absolute atomic E-state index is 0.381. The van der Waals surface area contributed by atoms with Crippen molar-refractivity contribution in [3.63, 3.8) is 0 Å². The quantitative estimate of drug-likeness (QED) is 0.686. The van der Waals surface area contributed by atoms with Gasteiger partial charge in [-0.15, -0.1) is 11.3 Å². The standard InChI is InChI=1S/C20H20N2O2S/c1-4-15(11-18-14(3)10-19(25-18)20(23)24)17-6-5-16(9-13(17)2)22-8-7-21-12-22/h5-12H,4H2,1-3H3,(H,23,24)/b15-11+. The van der Waals surface area contributed by atoms with Gasteiger partial charge in [0.2, 0.25) is 0 Å². The number of carboxylic acids is 1. The minimum Gasteiger partial charge on any atom is -0.477 e. The molecule has 0 saturated carbocycles. The van der Waals surface area contributed by atoms with Gasteiger partial charge in [-0.25, -0.2) is 9.78 Å². The summed E-state index contributed by atoms with van der Waals surface area (Å²) in [5, 5.41) is 9.18. The molecule has 0 bridgehead atoms. The highest BCUT2D eigenvalue weighted by atomic mass is 32.1. The molecule has 5 heteroatoms. The first kappa shape index (κ1) is 17.2. The van der Waals surface area contributed by atoms with Crippen molar-refractivity contribution >= 4 is 29.0 Å². The molecule has 0 atom stereocenters. The van der Waals surface area contributed by atoms with Crippen LogP contribution in [-0.2, 0) is 0 Å². The van der Waals surface area contributed by atoms with Gasteiger partial charge >= 0.3 is 5.97 Å². The largest absolute Gasteiger partial charge is 0.477 e. The Morgan fingerprint density at radius 2 is 2.08 bits per heavy atom. The van der Waals surface area contributed by atoms with Crippen molar-refractivity contribution in [1.29, 1.82) is 0 Å². The predicted octanol–water partition coefficient (Wildman–Crippen LogP) is 5.20. The molecule has 2 heterocycles. The van der Waals surface area contributed by atoms with E-state index in [9.17, 15) is 9.90 Å². The van der Waals surface area contributed by atoms with E-state index in [0.29, 0.717) is 4.88 Å². The molecule has 0 spiro atoms. The molecule has 25 heavy (non-hydrogen) atoms. The summed E-state index contributed by atoms with van der Waals surface area (Å²) in [5.41, 5.74) is 5.66. The van der Waals surface area contributed by atoms with Gasteiger partial charge in [0.15, 0.2) is 0 Å². The molecule has 3 aromatic rings. The number of aryl methyl sites for hydroxylation is 2. The number of aromatic carboxylic acids is 1. The molecule has 128 valence electrons. The van der Waals surface area contributed by atoms with E-state index in [4.69, 9.17) is 0 Å². The molecule has 4 nitrogen and oxygen atoms in total. The topological polar surface area (TPSA) is 55.1 Å².